The Morgan fingerprint density at radius 2 is 1.42 bits per heavy atom. The number of hydrogen-bond donors (Lipinski definition) is 2. The second kappa shape index (κ2) is 15.5. The van der Waals surface area contributed by atoms with E-state index < -0.39 is 46.8 Å². The number of nitrogens with one attached hydrogen (secondary N) is 1. The number of thioether (sulfide) groups is 1. The minimum atomic E-state index is -2.34. The van der Waals surface area contributed by atoms with Crippen LogP contribution in [0.4, 0.5) is 22.0 Å². The molecule has 1 aliphatic heterocycles. The highest BCUT2D eigenvalue weighted by atomic mass is 32.2. The zero-order valence-corrected chi connectivity index (χ0v) is 27.3. The van der Waals surface area contributed by atoms with Gasteiger partial charge < -0.3 is 19.9 Å². The standard InChI is InChI=1S/C37H30F5N3O4S/c1-20-27(19-50-37-43-14-3-15-44-37)48-36(49-34(20)24-8-6-21(18-46)7-9-24)25-12-10-23(11-13-25)26-5-2-4-22(16-26)17-45-35(47)28-29(38)31(40)33(42)32(41)30(28)39/h2-16,20,27,34,36,46H,17-19H2,1H3,(H,45,47)/t20-,27+,34+,36+/m0/s1. The van der Waals surface area contributed by atoms with Crippen molar-refractivity contribution in [2.45, 2.75) is 43.7 Å². The van der Waals surface area contributed by atoms with Gasteiger partial charge in [-0.1, -0.05) is 85.4 Å². The fourth-order valence-corrected chi connectivity index (χ4v) is 6.56. The van der Waals surface area contributed by atoms with Gasteiger partial charge in [-0.2, -0.15) is 0 Å². The van der Waals surface area contributed by atoms with Crippen molar-refractivity contribution in [1.82, 2.24) is 15.3 Å². The van der Waals surface area contributed by atoms with Gasteiger partial charge in [0.15, 0.2) is 34.7 Å². The molecule has 1 saturated heterocycles. The molecule has 1 fully saturated rings. The maximum Gasteiger partial charge on any atom is 0.257 e. The summed E-state index contributed by atoms with van der Waals surface area (Å²) in [6, 6.07) is 23.8. The van der Waals surface area contributed by atoms with Crippen LogP contribution in [0.2, 0.25) is 0 Å². The van der Waals surface area contributed by atoms with Gasteiger partial charge in [-0.05, 0) is 39.9 Å². The van der Waals surface area contributed by atoms with Gasteiger partial charge in [0.05, 0.1) is 18.8 Å². The Balaban J connectivity index is 1.18. The summed E-state index contributed by atoms with van der Waals surface area (Å²) in [6.07, 6.45) is 2.15. The lowest BCUT2D eigenvalue weighted by atomic mass is 9.91. The number of benzene rings is 4. The number of rotatable bonds is 10. The Kier molecular flexibility index (Phi) is 10.9. The van der Waals surface area contributed by atoms with Crippen LogP contribution in [-0.2, 0) is 22.6 Å². The normalized spacial score (nSPS) is 18.9. The molecule has 1 amide bonds. The van der Waals surface area contributed by atoms with Crippen molar-refractivity contribution in [1.29, 1.82) is 0 Å². The van der Waals surface area contributed by atoms with E-state index in [-0.39, 0.29) is 31.3 Å². The first-order valence-electron chi connectivity index (χ1n) is 15.5. The van der Waals surface area contributed by atoms with E-state index in [1.807, 2.05) is 54.6 Å². The molecule has 0 aliphatic carbocycles. The maximum atomic E-state index is 14.1. The van der Waals surface area contributed by atoms with Crippen LogP contribution >= 0.6 is 11.8 Å². The number of aromatic nitrogens is 2. The second-order valence-corrected chi connectivity index (χ2v) is 12.6. The molecule has 5 aromatic rings. The number of halogens is 5. The summed E-state index contributed by atoms with van der Waals surface area (Å²) in [5.74, 6) is -12.0. The van der Waals surface area contributed by atoms with Gasteiger partial charge in [-0.25, -0.2) is 31.9 Å². The second-order valence-electron chi connectivity index (χ2n) is 11.6. The molecule has 0 radical (unpaired) electrons. The van der Waals surface area contributed by atoms with E-state index in [0.29, 0.717) is 16.5 Å². The van der Waals surface area contributed by atoms with Gasteiger partial charge in [0.2, 0.25) is 5.82 Å². The molecule has 0 bridgehead atoms. The number of amides is 1. The van der Waals surface area contributed by atoms with E-state index in [1.54, 1.807) is 36.7 Å². The molecule has 6 rings (SSSR count). The van der Waals surface area contributed by atoms with E-state index >= 15 is 0 Å². The summed E-state index contributed by atoms with van der Waals surface area (Å²) < 4.78 is 81.8. The topological polar surface area (TPSA) is 93.6 Å². The molecule has 50 heavy (non-hydrogen) atoms. The number of aliphatic hydroxyl groups is 1. The largest absolute Gasteiger partial charge is 0.392 e. The van der Waals surface area contributed by atoms with Crippen molar-refractivity contribution < 1.29 is 41.3 Å². The van der Waals surface area contributed by atoms with Crippen LogP contribution in [0.1, 0.15) is 51.9 Å². The minimum absolute atomic E-state index is 0.0287. The van der Waals surface area contributed by atoms with E-state index in [2.05, 4.69) is 22.2 Å². The maximum absolute atomic E-state index is 14.1. The molecule has 4 atom stereocenters. The van der Waals surface area contributed by atoms with Crippen molar-refractivity contribution in [3.05, 3.63) is 148 Å². The zero-order chi connectivity index (χ0) is 35.4. The smallest absolute Gasteiger partial charge is 0.257 e. The third kappa shape index (κ3) is 7.55. The number of carbonyl (C=O) groups is 1. The molecule has 258 valence electrons. The molecule has 2 heterocycles. The first kappa shape index (κ1) is 35.1. The highest BCUT2D eigenvalue weighted by Crippen LogP contribution is 2.43. The molecule has 7 nitrogen and oxygen atoms in total. The van der Waals surface area contributed by atoms with Crippen molar-refractivity contribution in [2.24, 2.45) is 5.92 Å². The van der Waals surface area contributed by atoms with Crippen LogP contribution in [-0.4, -0.2) is 32.8 Å². The van der Waals surface area contributed by atoms with E-state index in [1.165, 1.54) is 11.8 Å². The highest BCUT2D eigenvalue weighted by Gasteiger charge is 2.38. The van der Waals surface area contributed by atoms with Crippen molar-refractivity contribution in [3.63, 3.8) is 0 Å². The summed E-state index contributed by atoms with van der Waals surface area (Å²) in [5.41, 5.74) is 3.04. The molecule has 1 aliphatic rings. The van der Waals surface area contributed by atoms with Gasteiger partial charge in [-0.15, -0.1) is 0 Å². The van der Waals surface area contributed by atoms with Gasteiger partial charge in [0.1, 0.15) is 5.56 Å². The average Bonchev–Trinajstić information content (AvgIpc) is 3.16. The average molecular weight is 708 g/mol. The summed E-state index contributed by atoms with van der Waals surface area (Å²) >= 11 is 1.49. The van der Waals surface area contributed by atoms with Crippen LogP contribution < -0.4 is 5.32 Å². The number of ether oxygens (including phenoxy) is 2. The molecule has 1 aromatic heterocycles. The Bertz CT molecular complexity index is 1940. The fourth-order valence-electron chi connectivity index (χ4n) is 5.60. The van der Waals surface area contributed by atoms with E-state index in [4.69, 9.17) is 9.47 Å². The third-order valence-corrected chi connectivity index (χ3v) is 9.34. The molecule has 0 spiro atoms. The first-order valence-corrected chi connectivity index (χ1v) is 16.5. The Hall–Kier alpha value is -4.69. The van der Waals surface area contributed by atoms with E-state index in [9.17, 15) is 31.9 Å². The summed E-state index contributed by atoms with van der Waals surface area (Å²) in [4.78, 5) is 21.0. The number of nitrogens with zero attached hydrogens (tertiary/aromatic N) is 2. The summed E-state index contributed by atoms with van der Waals surface area (Å²) in [6.45, 7) is 1.77. The third-order valence-electron chi connectivity index (χ3n) is 8.38. The highest BCUT2D eigenvalue weighted by molar-refractivity contribution is 7.99. The zero-order valence-electron chi connectivity index (χ0n) is 26.5. The monoisotopic (exact) mass is 707 g/mol. The van der Waals surface area contributed by atoms with Gasteiger partial charge in [0.25, 0.3) is 5.91 Å². The van der Waals surface area contributed by atoms with Crippen molar-refractivity contribution in [2.75, 3.05) is 5.75 Å². The predicted molar refractivity (Wildman–Crippen MR) is 175 cm³/mol. The molecule has 0 saturated carbocycles. The quantitative estimate of drug-likeness (QED) is 0.0502. The number of aliphatic hydroxyl groups excluding tert-OH is 1. The van der Waals surface area contributed by atoms with Crippen LogP contribution in [0, 0.1) is 35.0 Å². The lowest BCUT2D eigenvalue weighted by molar-refractivity contribution is -0.268. The van der Waals surface area contributed by atoms with Gasteiger partial charge in [0, 0.05) is 36.2 Å². The molecule has 4 aromatic carbocycles. The minimum Gasteiger partial charge on any atom is -0.392 e. The van der Waals surface area contributed by atoms with Crippen molar-refractivity contribution in [3.8, 4) is 11.1 Å². The Morgan fingerprint density at radius 3 is 2.08 bits per heavy atom. The lowest BCUT2D eigenvalue weighted by Crippen LogP contribution is -2.38. The lowest BCUT2D eigenvalue weighted by Gasteiger charge is -2.41. The molecular weight excluding hydrogens is 677 g/mol. The Morgan fingerprint density at radius 1 is 0.780 bits per heavy atom. The Labute approximate surface area is 288 Å². The molecule has 13 heteroatoms. The molecule has 2 N–H and O–H groups in total. The van der Waals surface area contributed by atoms with Crippen LogP contribution in [0.15, 0.2) is 96.4 Å². The van der Waals surface area contributed by atoms with E-state index in [0.717, 1.165) is 27.8 Å². The summed E-state index contributed by atoms with van der Waals surface area (Å²) in [5, 5.41) is 12.4. The van der Waals surface area contributed by atoms with Crippen LogP contribution in [0.5, 0.6) is 0 Å². The van der Waals surface area contributed by atoms with Crippen molar-refractivity contribution >= 4 is 17.7 Å². The molecular formula is C37H30F5N3O4S. The fraction of sp³-hybridized carbons (Fsp3) is 0.216. The first-order chi connectivity index (χ1) is 24.1. The van der Waals surface area contributed by atoms with Gasteiger partial charge >= 0.3 is 0 Å². The number of carbonyl (C=O) groups excluding carboxylic acids is 1. The SMILES string of the molecule is C[C@H]1[C@@H](CSc2ncccn2)O[C@@H](c2ccc(-c3cccc(CNC(=O)c4c(F)c(F)c(F)c(F)c4F)c3)cc2)O[C@H]1c1ccc(CO)cc1. The predicted octanol–water partition coefficient (Wildman–Crippen LogP) is 7.85. The van der Waals surface area contributed by atoms with Crippen LogP contribution in [0.25, 0.3) is 11.1 Å². The molecule has 0 unspecified atom stereocenters. The number of hydrogen-bond acceptors (Lipinski definition) is 7. The van der Waals surface area contributed by atoms with Gasteiger partial charge in [-0.3, -0.25) is 4.79 Å². The van der Waals surface area contributed by atoms with Crippen LogP contribution in [0.3, 0.4) is 0 Å². The summed E-state index contributed by atoms with van der Waals surface area (Å²) in [7, 11) is 0.